The minimum atomic E-state index is -0.936. The zero-order chi connectivity index (χ0) is 18.2. The van der Waals surface area contributed by atoms with Crippen LogP contribution in [0.15, 0.2) is 47.1 Å². The largest absolute Gasteiger partial charge is 0.459 e. The van der Waals surface area contributed by atoms with Crippen molar-refractivity contribution in [2.75, 3.05) is 11.9 Å². The van der Waals surface area contributed by atoms with Gasteiger partial charge in [0, 0.05) is 12.2 Å². The Kier molecular flexibility index (Phi) is 6.33. The van der Waals surface area contributed by atoms with Crippen LogP contribution < -0.4 is 10.6 Å². The summed E-state index contributed by atoms with van der Waals surface area (Å²) in [5, 5.41) is 5.20. The van der Waals surface area contributed by atoms with Crippen molar-refractivity contribution in [1.82, 2.24) is 5.32 Å². The van der Waals surface area contributed by atoms with Crippen molar-refractivity contribution in [3.8, 4) is 0 Å². The fraction of sp³-hybridized carbons (Fsp3) is 0.278. The van der Waals surface area contributed by atoms with Crippen LogP contribution in [0.5, 0.6) is 0 Å². The van der Waals surface area contributed by atoms with Crippen LogP contribution in [0.25, 0.3) is 0 Å². The smallest absolute Gasteiger partial charge is 0.308 e. The van der Waals surface area contributed by atoms with Gasteiger partial charge in [0.25, 0.3) is 11.8 Å². The van der Waals surface area contributed by atoms with Crippen LogP contribution in [0.4, 0.5) is 5.69 Å². The molecule has 0 spiro atoms. The molecule has 0 aliphatic heterocycles. The molecule has 1 heterocycles. The van der Waals surface area contributed by atoms with Gasteiger partial charge in [-0.1, -0.05) is 17.7 Å². The van der Waals surface area contributed by atoms with Crippen LogP contribution >= 0.6 is 0 Å². The molecule has 1 aromatic heterocycles. The summed E-state index contributed by atoms with van der Waals surface area (Å²) >= 11 is 0. The van der Waals surface area contributed by atoms with Crippen molar-refractivity contribution < 1.29 is 23.5 Å². The van der Waals surface area contributed by atoms with E-state index in [9.17, 15) is 14.4 Å². The van der Waals surface area contributed by atoms with Crippen LogP contribution in [-0.4, -0.2) is 30.4 Å². The SMILES string of the molecule is Cc1ccc(NC(=O)[C@H](C)OC(=O)CCNC(=O)c2ccco2)cc1. The van der Waals surface area contributed by atoms with Gasteiger partial charge in [-0.25, -0.2) is 0 Å². The third-order valence-electron chi connectivity index (χ3n) is 3.36. The van der Waals surface area contributed by atoms with Crippen molar-refractivity contribution in [2.45, 2.75) is 26.4 Å². The molecule has 1 aromatic carbocycles. The Morgan fingerprint density at radius 2 is 1.88 bits per heavy atom. The first kappa shape index (κ1) is 18.3. The van der Waals surface area contributed by atoms with Crippen LogP contribution in [-0.2, 0) is 14.3 Å². The summed E-state index contributed by atoms with van der Waals surface area (Å²) in [7, 11) is 0. The first-order valence-corrected chi connectivity index (χ1v) is 7.84. The minimum Gasteiger partial charge on any atom is -0.459 e. The summed E-state index contributed by atoms with van der Waals surface area (Å²) in [4.78, 5) is 35.4. The Labute approximate surface area is 145 Å². The number of benzene rings is 1. The summed E-state index contributed by atoms with van der Waals surface area (Å²) in [5.74, 6) is -1.25. The lowest BCUT2D eigenvalue weighted by Gasteiger charge is -2.13. The molecule has 1 atom stereocenters. The number of anilines is 1. The second-order valence-corrected chi connectivity index (χ2v) is 5.47. The van der Waals surface area contributed by atoms with Crippen LogP contribution in [0.1, 0.15) is 29.5 Å². The van der Waals surface area contributed by atoms with Gasteiger partial charge in [0.2, 0.25) is 0 Å². The topological polar surface area (TPSA) is 97.6 Å². The van der Waals surface area contributed by atoms with Gasteiger partial charge in [-0.3, -0.25) is 14.4 Å². The summed E-state index contributed by atoms with van der Waals surface area (Å²) in [6.45, 7) is 3.52. The average Bonchev–Trinajstić information content (AvgIpc) is 3.11. The number of esters is 1. The van der Waals surface area contributed by atoms with Gasteiger partial charge >= 0.3 is 5.97 Å². The van der Waals surface area contributed by atoms with Gasteiger partial charge < -0.3 is 19.8 Å². The van der Waals surface area contributed by atoms with E-state index in [4.69, 9.17) is 9.15 Å². The van der Waals surface area contributed by atoms with Crippen LogP contribution in [0.3, 0.4) is 0 Å². The van der Waals surface area contributed by atoms with Crippen molar-refractivity contribution >= 4 is 23.5 Å². The van der Waals surface area contributed by atoms with Crippen molar-refractivity contribution in [1.29, 1.82) is 0 Å². The van der Waals surface area contributed by atoms with Gasteiger partial charge in [-0.05, 0) is 38.1 Å². The Bertz CT molecular complexity index is 722. The van der Waals surface area contributed by atoms with E-state index in [1.807, 2.05) is 19.1 Å². The number of nitrogens with one attached hydrogen (secondary N) is 2. The maximum Gasteiger partial charge on any atom is 0.308 e. The molecule has 0 aliphatic carbocycles. The quantitative estimate of drug-likeness (QED) is 0.751. The summed E-state index contributed by atoms with van der Waals surface area (Å²) in [5.41, 5.74) is 1.71. The molecule has 0 unspecified atom stereocenters. The highest BCUT2D eigenvalue weighted by molar-refractivity contribution is 5.95. The fourth-order valence-electron chi connectivity index (χ4n) is 1.96. The number of aryl methyl sites for hydroxylation is 1. The van der Waals surface area contributed by atoms with E-state index in [2.05, 4.69) is 10.6 Å². The Hall–Kier alpha value is -3.09. The highest BCUT2D eigenvalue weighted by atomic mass is 16.5. The molecule has 0 saturated carbocycles. The Morgan fingerprint density at radius 3 is 2.52 bits per heavy atom. The zero-order valence-corrected chi connectivity index (χ0v) is 14.1. The summed E-state index contributed by atoms with van der Waals surface area (Å²) in [6.07, 6.45) is 0.404. The Morgan fingerprint density at radius 1 is 1.16 bits per heavy atom. The molecule has 2 N–H and O–H groups in total. The molecule has 132 valence electrons. The first-order chi connectivity index (χ1) is 12.0. The number of furan rings is 1. The molecule has 2 aromatic rings. The molecule has 0 fully saturated rings. The number of ether oxygens (including phenoxy) is 1. The molecular weight excluding hydrogens is 324 g/mol. The third-order valence-corrected chi connectivity index (χ3v) is 3.36. The number of hydrogen-bond acceptors (Lipinski definition) is 5. The molecular formula is C18H20N2O5. The standard InChI is InChI=1S/C18H20N2O5/c1-12-5-7-14(8-6-12)20-17(22)13(2)25-16(21)9-10-19-18(23)15-4-3-11-24-15/h3-8,11,13H,9-10H2,1-2H3,(H,19,23)(H,20,22)/t13-/m0/s1. The van der Waals surface area contributed by atoms with Crippen LogP contribution in [0, 0.1) is 6.92 Å². The third kappa shape index (κ3) is 5.80. The van der Waals surface area contributed by atoms with Crippen molar-refractivity contribution in [2.24, 2.45) is 0 Å². The molecule has 0 saturated heterocycles. The first-order valence-electron chi connectivity index (χ1n) is 7.84. The Balaban J connectivity index is 1.71. The monoisotopic (exact) mass is 344 g/mol. The van der Waals surface area contributed by atoms with Crippen molar-refractivity contribution in [3.05, 3.63) is 54.0 Å². The molecule has 0 radical (unpaired) electrons. The number of amides is 2. The van der Waals surface area contributed by atoms with E-state index in [0.29, 0.717) is 5.69 Å². The van der Waals surface area contributed by atoms with Crippen molar-refractivity contribution in [3.63, 3.8) is 0 Å². The molecule has 25 heavy (non-hydrogen) atoms. The molecule has 0 bridgehead atoms. The molecule has 7 heteroatoms. The molecule has 2 amide bonds. The number of rotatable bonds is 7. The maximum atomic E-state index is 12.0. The second-order valence-electron chi connectivity index (χ2n) is 5.47. The molecule has 0 aliphatic rings. The van der Waals surface area contributed by atoms with E-state index < -0.39 is 23.9 Å². The number of hydrogen-bond donors (Lipinski definition) is 2. The van der Waals surface area contributed by atoms with E-state index >= 15 is 0 Å². The highest BCUT2D eigenvalue weighted by Crippen LogP contribution is 2.09. The van der Waals surface area contributed by atoms with E-state index in [1.165, 1.54) is 19.3 Å². The highest BCUT2D eigenvalue weighted by Gasteiger charge is 2.18. The average molecular weight is 344 g/mol. The summed E-state index contributed by atoms with van der Waals surface area (Å²) in [6, 6.07) is 10.4. The summed E-state index contributed by atoms with van der Waals surface area (Å²) < 4.78 is 9.99. The predicted molar refractivity (Wildman–Crippen MR) is 91.0 cm³/mol. The van der Waals surface area contributed by atoms with Gasteiger partial charge in [-0.2, -0.15) is 0 Å². The van der Waals surface area contributed by atoms with Gasteiger partial charge in [0.15, 0.2) is 11.9 Å². The van der Waals surface area contributed by atoms with E-state index in [1.54, 1.807) is 18.2 Å². The predicted octanol–water partition coefficient (Wildman–Crippen LogP) is 2.28. The second kappa shape index (κ2) is 8.68. The lowest BCUT2D eigenvalue weighted by atomic mass is 10.2. The molecule has 2 rings (SSSR count). The maximum absolute atomic E-state index is 12.0. The molecule has 7 nitrogen and oxygen atoms in total. The number of carbonyl (C=O) groups is 3. The van der Waals surface area contributed by atoms with E-state index in [-0.39, 0.29) is 18.7 Å². The minimum absolute atomic E-state index is 0.0470. The number of carbonyl (C=O) groups excluding carboxylic acids is 3. The van der Waals surface area contributed by atoms with Crippen LogP contribution in [0.2, 0.25) is 0 Å². The van der Waals surface area contributed by atoms with Gasteiger partial charge in [-0.15, -0.1) is 0 Å². The van der Waals surface area contributed by atoms with Gasteiger partial charge in [0.1, 0.15) is 0 Å². The lowest BCUT2D eigenvalue weighted by molar-refractivity contribution is -0.153. The van der Waals surface area contributed by atoms with Gasteiger partial charge in [0.05, 0.1) is 12.7 Å². The zero-order valence-electron chi connectivity index (χ0n) is 14.1. The lowest BCUT2D eigenvalue weighted by Crippen LogP contribution is -2.32. The normalized spacial score (nSPS) is 11.4. The fourth-order valence-corrected chi connectivity index (χ4v) is 1.96. The van der Waals surface area contributed by atoms with E-state index in [0.717, 1.165) is 5.56 Å².